The molecule has 1 aliphatic rings. The van der Waals surface area contributed by atoms with E-state index < -0.39 is 0 Å². The Morgan fingerprint density at radius 1 is 1.23 bits per heavy atom. The standard InChI is InChI=1S/C22H30N6O2/c1-16-11-13-27(14-12-16)21-8-7-19-24-25-20(28(19)26-21)9-10-22(29)23-17(2)5-6-18-4-3-15-30-18/h3-4,7-8,15-17H,5-6,9-14H2,1-2H3,(H,23,29)/t17-/m0/s1. The number of piperidine rings is 1. The molecule has 8 heteroatoms. The maximum absolute atomic E-state index is 12.4. The van der Waals surface area contributed by atoms with Gasteiger partial charge in [0.25, 0.3) is 0 Å². The number of hydrogen-bond donors (Lipinski definition) is 1. The Balaban J connectivity index is 1.32. The summed E-state index contributed by atoms with van der Waals surface area (Å²) in [5.74, 6) is 3.40. The highest BCUT2D eigenvalue weighted by atomic mass is 16.3. The average Bonchev–Trinajstić information content (AvgIpc) is 3.41. The maximum Gasteiger partial charge on any atom is 0.220 e. The van der Waals surface area contributed by atoms with Gasteiger partial charge in [-0.05, 0) is 56.4 Å². The van der Waals surface area contributed by atoms with Gasteiger partial charge in [-0.2, -0.15) is 4.52 Å². The van der Waals surface area contributed by atoms with E-state index in [1.165, 1.54) is 12.8 Å². The van der Waals surface area contributed by atoms with E-state index in [0.717, 1.165) is 49.3 Å². The summed E-state index contributed by atoms with van der Waals surface area (Å²) in [5, 5.41) is 16.3. The van der Waals surface area contributed by atoms with Gasteiger partial charge in [-0.25, -0.2) is 0 Å². The number of carbonyl (C=O) groups is 1. The summed E-state index contributed by atoms with van der Waals surface area (Å²) in [5.41, 5.74) is 0.714. The Labute approximate surface area is 176 Å². The molecule has 0 saturated carbocycles. The van der Waals surface area contributed by atoms with Crippen LogP contribution >= 0.6 is 0 Å². The predicted molar refractivity (Wildman–Crippen MR) is 114 cm³/mol. The first-order valence-corrected chi connectivity index (χ1v) is 10.9. The highest BCUT2D eigenvalue weighted by Crippen LogP contribution is 2.21. The van der Waals surface area contributed by atoms with Crippen molar-refractivity contribution in [2.45, 2.75) is 58.4 Å². The number of aromatic nitrogens is 4. The summed E-state index contributed by atoms with van der Waals surface area (Å²) in [4.78, 5) is 14.7. The van der Waals surface area contributed by atoms with E-state index in [2.05, 4.69) is 27.3 Å². The van der Waals surface area contributed by atoms with Crippen LogP contribution in [0.25, 0.3) is 5.65 Å². The normalized spacial score (nSPS) is 16.1. The number of furan rings is 1. The van der Waals surface area contributed by atoms with Gasteiger partial charge >= 0.3 is 0 Å². The fourth-order valence-corrected chi connectivity index (χ4v) is 3.84. The van der Waals surface area contributed by atoms with Crippen molar-refractivity contribution >= 4 is 17.4 Å². The Kier molecular flexibility index (Phi) is 6.30. The third kappa shape index (κ3) is 4.98. The van der Waals surface area contributed by atoms with Crippen molar-refractivity contribution in [3.63, 3.8) is 0 Å². The smallest absolute Gasteiger partial charge is 0.220 e. The number of hydrogen-bond acceptors (Lipinski definition) is 6. The van der Waals surface area contributed by atoms with Crippen LogP contribution in [0.3, 0.4) is 0 Å². The lowest BCUT2D eigenvalue weighted by atomic mass is 9.99. The molecule has 0 aliphatic carbocycles. The molecule has 0 spiro atoms. The molecular weight excluding hydrogens is 380 g/mol. The maximum atomic E-state index is 12.4. The summed E-state index contributed by atoms with van der Waals surface area (Å²) in [6.45, 7) is 6.36. The average molecular weight is 411 g/mol. The van der Waals surface area contributed by atoms with Gasteiger partial charge in [-0.15, -0.1) is 15.3 Å². The van der Waals surface area contributed by atoms with Crippen molar-refractivity contribution in [3.05, 3.63) is 42.1 Å². The Morgan fingerprint density at radius 3 is 2.83 bits per heavy atom. The van der Waals surface area contributed by atoms with E-state index in [1.54, 1.807) is 10.8 Å². The van der Waals surface area contributed by atoms with Crippen LogP contribution in [0.1, 0.15) is 51.1 Å². The van der Waals surface area contributed by atoms with Crippen LogP contribution in [0, 0.1) is 5.92 Å². The number of carbonyl (C=O) groups excluding carboxylic acids is 1. The van der Waals surface area contributed by atoms with Crippen LogP contribution in [0.15, 0.2) is 34.9 Å². The van der Waals surface area contributed by atoms with E-state index >= 15 is 0 Å². The summed E-state index contributed by atoms with van der Waals surface area (Å²) >= 11 is 0. The van der Waals surface area contributed by atoms with Crippen LogP contribution in [-0.4, -0.2) is 44.8 Å². The van der Waals surface area contributed by atoms with Crippen molar-refractivity contribution < 1.29 is 9.21 Å². The molecule has 4 heterocycles. The van der Waals surface area contributed by atoms with Crippen molar-refractivity contribution in [2.75, 3.05) is 18.0 Å². The molecule has 30 heavy (non-hydrogen) atoms. The third-order valence-electron chi connectivity index (χ3n) is 5.81. The highest BCUT2D eigenvalue weighted by molar-refractivity contribution is 5.76. The molecule has 1 saturated heterocycles. The Hall–Kier alpha value is -2.90. The molecule has 1 aliphatic heterocycles. The molecular formula is C22H30N6O2. The largest absolute Gasteiger partial charge is 0.469 e. The topological polar surface area (TPSA) is 88.6 Å². The van der Waals surface area contributed by atoms with Crippen LogP contribution < -0.4 is 10.2 Å². The molecule has 0 unspecified atom stereocenters. The number of fused-ring (bicyclic) bond motifs is 1. The minimum atomic E-state index is 0.0138. The zero-order valence-electron chi connectivity index (χ0n) is 17.8. The van der Waals surface area contributed by atoms with Gasteiger partial charge in [0.2, 0.25) is 5.91 Å². The molecule has 1 fully saturated rings. The molecule has 3 aromatic rings. The Bertz CT molecular complexity index is 959. The van der Waals surface area contributed by atoms with Crippen molar-refractivity contribution in [1.82, 2.24) is 25.1 Å². The van der Waals surface area contributed by atoms with Gasteiger partial charge in [-0.1, -0.05) is 6.92 Å². The molecule has 1 N–H and O–H groups in total. The lowest BCUT2D eigenvalue weighted by Gasteiger charge is -2.30. The SMILES string of the molecule is CC1CCN(c2ccc3nnc(CCC(=O)N[C@@H](C)CCc4ccco4)n3n2)CC1. The molecule has 8 nitrogen and oxygen atoms in total. The lowest BCUT2D eigenvalue weighted by molar-refractivity contribution is -0.121. The van der Waals surface area contributed by atoms with E-state index in [9.17, 15) is 4.79 Å². The van der Waals surface area contributed by atoms with Crippen LogP contribution in [0.5, 0.6) is 0 Å². The first-order chi connectivity index (χ1) is 14.6. The van der Waals surface area contributed by atoms with Gasteiger partial charge in [0.15, 0.2) is 11.5 Å². The number of amides is 1. The summed E-state index contributed by atoms with van der Waals surface area (Å²) in [6, 6.07) is 7.89. The zero-order valence-corrected chi connectivity index (χ0v) is 17.8. The Morgan fingerprint density at radius 2 is 2.07 bits per heavy atom. The van der Waals surface area contributed by atoms with Crippen LogP contribution in [-0.2, 0) is 17.6 Å². The molecule has 3 aromatic heterocycles. The lowest BCUT2D eigenvalue weighted by Crippen LogP contribution is -2.34. The predicted octanol–water partition coefficient (Wildman–Crippen LogP) is 3.02. The van der Waals surface area contributed by atoms with Gasteiger partial charge in [0.05, 0.1) is 6.26 Å². The number of rotatable bonds is 8. The van der Waals surface area contributed by atoms with Gasteiger partial charge in [0.1, 0.15) is 11.6 Å². The van der Waals surface area contributed by atoms with Crippen molar-refractivity contribution in [3.8, 4) is 0 Å². The van der Waals surface area contributed by atoms with Crippen LogP contribution in [0.4, 0.5) is 5.82 Å². The van der Waals surface area contributed by atoms with E-state index in [0.29, 0.717) is 18.5 Å². The minimum Gasteiger partial charge on any atom is -0.469 e. The molecule has 0 radical (unpaired) electrons. The summed E-state index contributed by atoms with van der Waals surface area (Å²) in [7, 11) is 0. The molecule has 160 valence electrons. The minimum absolute atomic E-state index is 0.0138. The van der Waals surface area contributed by atoms with Crippen LogP contribution in [0.2, 0.25) is 0 Å². The number of nitrogens with zero attached hydrogens (tertiary/aromatic N) is 5. The molecule has 0 bridgehead atoms. The molecule has 1 atom stereocenters. The van der Waals surface area contributed by atoms with E-state index in [1.807, 2.05) is 31.2 Å². The second-order valence-corrected chi connectivity index (χ2v) is 8.33. The fraction of sp³-hybridized carbons (Fsp3) is 0.545. The van der Waals surface area contributed by atoms with E-state index in [4.69, 9.17) is 9.52 Å². The molecule has 4 rings (SSSR count). The first-order valence-electron chi connectivity index (χ1n) is 10.9. The second-order valence-electron chi connectivity index (χ2n) is 8.33. The summed E-state index contributed by atoms with van der Waals surface area (Å²) in [6.07, 6.45) is 6.56. The monoisotopic (exact) mass is 410 g/mol. The molecule has 0 aromatic carbocycles. The highest BCUT2D eigenvalue weighted by Gasteiger charge is 2.18. The summed E-state index contributed by atoms with van der Waals surface area (Å²) < 4.78 is 7.12. The van der Waals surface area contributed by atoms with E-state index in [-0.39, 0.29) is 11.9 Å². The third-order valence-corrected chi connectivity index (χ3v) is 5.81. The fourth-order valence-electron chi connectivity index (χ4n) is 3.84. The quantitative estimate of drug-likeness (QED) is 0.614. The number of nitrogens with one attached hydrogen (secondary N) is 1. The second kappa shape index (κ2) is 9.28. The van der Waals surface area contributed by atoms with Crippen molar-refractivity contribution in [1.29, 1.82) is 0 Å². The molecule has 1 amide bonds. The number of anilines is 1. The van der Waals surface area contributed by atoms with Gasteiger partial charge < -0.3 is 14.6 Å². The van der Waals surface area contributed by atoms with Crippen molar-refractivity contribution in [2.24, 2.45) is 5.92 Å². The number of aryl methyl sites for hydroxylation is 2. The van der Waals surface area contributed by atoms with Gasteiger partial charge in [-0.3, -0.25) is 4.79 Å². The van der Waals surface area contributed by atoms with Gasteiger partial charge in [0, 0.05) is 38.4 Å². The first kappa shape index (κ1) is 20.4. The zero-order chi connectivity index (χ0) is 20.9.